The van der Waals surface area contributed by atoms with Crippen molar-refractivity contribution in [2.24, 2.45) is 0 Å². The first-order valence-corrected chi connectivity index (χ1v) is 6.65. The third-order valence-electron chi connectivity index (χ3n) is 2.99. The average molecular weight is 300 g/mol. The van der Waals surface area contributed by atoms with E-state index in [1.807, 2.05) is 18.2 Å². The number of benzene rings is 2. The maximum absolute atomic E-state index is 9.42. The average Bonchev–Trinajstić information content (AvgIpc) is 2.53. The summed E-state index contributed by atoms with van der Waals surface area (Å²) < 4.78 is 10.4. The number of halogens is 1. The van der Waals surface area contributed by atoms with Crippen LogP contribution in [-0.2, 0) is 0 Å². The Balaban J connectivity index is 2.52. The van der Waals surface area contributed by atoms with Gasteiger partial charge in [0.05, 0.1) is 25.9 Å². The van der Waals surface area contributed by atoms with Crippen LogP contribution in [0.15, 0.2) is 42.5 Å². The van der Waals surface area contributed by atoms with Gasteiger partial charge in [0, 0.05) is 11.1 Å². The monoisotopic (exact) mass is 299 g/mol. The van der Waals surface area contributed by atoms with Crippen LogP contribution in [0.4, 0.5) is 0 Å². The lowest BCUT2D eigenvalue weighted by atomic mass is 10.0. The molecular formula is C17H14ClNO2. The fraction of sp³-hybridized carbons (Fsp3) is 0.118. The Bertz CT molecular complexity index is 695. The molecule has 0 aromatic heterocycles. The summed E-state index contributed by atoms with van der Waals surface area (Å²) >= 11 is 6.13. The van der Waals surface area contributed by atoms with E-state index in [1.54, 1.807) is 44.6 Å². The molecule has 0 bridgehead atoms. The molecule has 0 atom stereocenters. The third kappa shape index (κ3) is 3.56. The minimum Gasteiger partial charge on any atom is -0.497 e. The molecule has 0 saturated carbocycles. The quantitative estimate of drug-likeness (QED) is 0.620. The predicted octanol–water partition coefficient (Wildman–Crippen LogP) is 4.42. The van der Waals surface area contributed by atoms with Crippen molar-refractivity contribution in [2.45, 2.75) is 0 Å². The first-order valence-electron chi connectivity index (χ1n) is 6.27. The molecule has 0 aliphatic carbocycles. The van der Waals surface area contributed by atoms with Gasteiger partial charge in [-0.05, 0) is 35.4 Å². The summed E-state index contributed by atoms with van der Waals surface area (Å²) in [5.41, 5.74) is 1.99. The van der Waals surface area contributed by atoms with Crippen molar-refractivity contribution < 1.29 is 9.47 Å². The van der Waals surface area contributed by atoms with Gasteiger partial charge >= 0.3 is 0 Å². The van der Waals surface area contributed by atoms with E-state index < -0.39 is 0 Å². The van der Waals surface area contributed by atoms with Crippen molar-refractivity contribution in [1.29, 1.82) is 5.26 Å². The second kappa shape index (κ2) is 6.83. The highest BCUT2D eigenvalue weighted by Crippen LogP contribution is 2.29. The second-order valence-corrected chi connectivity index (χ2v) is 4.70. The van der Waals surface area contributed by atoms with Crippen LogP contribution in [0.2, 0.25) is 5.02 Å². The first kappa shape index (κ1) is 15.0. The van der Waals surface area contributed by atoms with E-state index in [4.69, 9.17) is 21.1 Å². The summed E-state index contributed by atoms with van der Waals surface area (Å²) in [6.45, 7) is 0. The SMILES string of the molecule is COc1cc(OC)cc(/C(C#N)=C/c2ccccc2Cl)c1. The van der Waals surface area contributed by atoms with Crippen LogP contribution < -0.4 is 9.47 Å². The Morgan fingerprint density at radius 1 is 1.10 bits per heavy atom. The number of allylic oxidation sites excluding steroid dienone is 1. The lowest BCUT2D eigenvalue weighted by Crippen LogP contribution is -1.91. The molecule has 0 unspecified atom stereocenters. The van der Waals surface area contributed by atoms with Gasteiger partial charge in [-0.2, -0.15) is 5.26 Å². The Morgan fingerprint density at radius 3 is 2.24 bits per heavy atom. The van der Waals surface area contributed by atoms with Crippen molar-refractivity contribution in [3.05, 3.63) is 58.6 Å². The largest absolute Gasteiger partial charge is 0.497 e. The first-order chi connectivity index (χ1) is 10.2. The van der Waals surface area contributed by atoms with E-state index in [9.17, 15) is 5.26 Å². The highest BCUT2D eigenvalue weighted by atomic mass is 35.5. The van der Waals surface area contributed by atoms with Crippen LogP contribution in [0, 0.1) is 11.3 Å². The molecule has 4 heteroatoms. The van der Waals surface area contributed by atoms with Gasteiger partial charge in [-0.25, -0.2) is 0 Å². The molecule has 3 nitrogen and oxygen atoms in total. The van der Waals surface area contributed by atoms with E-state index >= 15 is 0 Å². The molecule has 106 valence electrons. The molecule has 0 saturated heterocycles. The minimum absolute atomic E-state index is 0.486. The smallest absolute Gasteiger partial charge is 0.123 e. The van der Waals surface area contributed by atoms with E-state index in [0.717, 1.165) is 5.56 Å². The van der Waals surface area contributed by atoms with Crippen molar-refractivity contribution in [3.8, 4) is 17.6 Å². The summed E-state index contributed by atoms with van der Waals surface area (Å²) in [5.74, 6) is 1.26. The standard InChI is InChI=1S/C17H14ClNO2/c1-20-15-8-13(9-16(10-15)21-2)14(11-19)7-12-5-3-4-6-17(12)18/h3-10H,1-2H3/b14-7+. The zero-order valence-corrected chi connectivity index (χ0v) is 12.5. The minimum atomic E-state index is 0.486. The fourth-order valence-corrected chi connectivity index (χ4v) is 2.08. The van der Waals surface area contributed by atoms with Gasteiger partial charge in [0.25, 0.3) is 0 Å². The van der Waals surface area contributed by atoms with Crippen molar-refractivity contribution in [1.82, 2.24) is 0 Å². The zero-order chi connectivity index (χ0) is 15.2. The molecule has 2 aromatic carbocycles. The van der Waals surface area contributed by atoms with Crippen LogP contribution in [0.3, 0.4) is 0 Å². The molecule has 0 radical (unpaired) electrons. The molecule has 2 rings (SSSR count). The zero-order valence-electron chi connectivity index (χ0n) is 11.8. The second-order valence-electron chi connectivity index (χ2n) is 4.29. The number of hydrogen-bond donors (Lipinski definition) is 0. The Labute approximate surface area is 129 Å². The number of rotatable bonds is 4. The number of ether oxygens (including phenoxy) is 2. The van der Waals surface area contributed by atoms with E-state index in [-0.39, 0.29) is 0 Å². The maximum atomic E-state index is 9.42. The van der Waals surface area contributed by atoms with Crippen molar-refractivity contribution >= 4 is 23.3 Å². The molecule has 0 aliphatic rings. The van der Waals surface area contributed by atoms with Gasteiger partial charge in [0.1, 0.15) is 11.5 Å². The van der Waals surface area contributed by atoms with Crippen LogP contribution in [0.1, 0.15) is 11.1 Å². The topological polar surface area (TPSA) is 42.2 Å². The summed E-state index contributed by atoms with van der Waals surface area (Å²) in [6, 6.07) is 14.9. The van der Waals surface area contributed by atoms with Crippen LogP contribution in [0.25, 0.3) is 11.6 Å². The summed E-state index contributed by atoms with van der Waals surface area (Å²) in [7, 11) is 3.14. The van der Waals surface area contributed by atoms with Crippen molar-refractivity contribution in [3.63, 3.8) is 0 Å². The van der Waals surface area contributed by atoms with Crippen LogP contribution in [0.5, 0.6) is 11.5 Å². The molecule has 0 N–H and O–H groups in total. The van der Waals surface area contributed by atoms with E-state index in [1.165, 1.54) is 0 Å². The van der Waals surface area contributed by atoms with Gasteiger partial charge in [-0.15, -0.1) is 0 Å². The van der Waals surface area contributed by atoms with Crippen molar-refractivity contribution in [2.75, 3.05) is 14.2 Å². The summed E-state index contributed by atoms with van der Waals surface area (Å²) in [4.78, 5) is 0. The molecule has 0 spiro atoms. The lowest BCUT2D eigenvalue weighted by molar-refractivity contribution is 0.394. The number of nitrogens with zero attached hydrogens (tertiary/aromatic N) is 1. The number of nitriles is 1. The Hall–Kier alpha value is -2.44. The maximum Gasteiger partial charge on any atom is 0.123 e. The van der Waals surface area contributed by atoms with Gasteiger partial charge in [0.2, 0.25) is 0 Å². The summed E-state index contributed by atoms with van der Waals surface area (Å²) in [5, 5.41) is 10.0. The normalized spacial score (nSPS) is 10.9. The van der Waals surface area contributed by atoms with Gasteiger partial charge in [-0.1, -0.05) is 29.8 Å². The molecular weight excluding hydrogens is 286 g/mol. The summed E-state index contributed by atoms with van der Waals surface area (Å²) in [6.07, 6.45) is 1.75. The molecule has 0 aliphatic heterocycles. The molecule has 21 heavy (non-hydrogen) atoms. The van der Waals surface area contributed by atoms with Crippen LogP contribution >= 0.6 is 11.6 Å². The highest BCUT2D eigenvalue weighted by molar-refractivity contribution is 6.32. The van der Waals surface area contributed by atoms with Gasteiger partial charge in [-0.3, -0.25) is 0 Å². The predicted molar refractivity (Wildman–Crippen MR) is 84.5 cm³/mol. The number of methoxy groups -OCH3 is 2. The van der Waals surface area contributed by atoms with E-state index in [2.05, 4.69) is 6.07 Å². The highest BCUT2D eigenvalue weighted by Gasteiger charge is 2.07. The fourth-order valence-electron chi connectivity index (χ4n) is 1.89. The molecule has 0 fully saturated rings. The molecule has 2 aromatic rings. The van der Waals surface area contributed by atoms with Crippen LogP contribution in [-0.4, -0.2) is 14.2 Å². The Kier molecular flexibility index (Phi) is 4.86. The van der Waals surface area contributed by atoms with Gasteiger partial charge in [0.15, 0.2) is 0 Å². The number of hydrogen-bond acceptors (Lipinski definition) is 3. The third-order valence-corrected chi connectivity index (χ3v) is 3.33. The Morgan fingerprint density at radius 2 is 1.71 bits per heavy atom. The lowest BCUT2D eigenvalue weighted by Gasteiger charge is -2.08. The molecule has 0 heterocycles. The van der Waals surface area contributed by atoms with Gasteiger partial charge < -0.3 is 9.47 Å². The van der Waals surface area contributed by atoms with E-state index in [0.29, 0.717) is 27.7 Å². The molecule has 0 amide bonds.